The fraction of sp³-hybridized carbons (Fsp3) is 0.733. The van der Waals surface area contributed by atoms with Crippen LogP contribution in [0.5, 0.6) is 0 Å². The molecule has 0 unspecified atom stereocenters. The van der Waals surface area contributed by atoms with Gasteiger partial charge in [-0.25, -0.2) is 15.8 Å². The normalized spacial score (nSPS) is 19.2. The Balaban J connectivity index is 1.49. The SMILES string of the molecule is NNc1cc(NCCCC2CCCC2)nc(C2CC2)n1. The maximum Gasteiger partial charge on any atom is 0.145 e. The highest BCUT2D eigenvalue weighted by Gasteiger charge is 2.27. The molecule has 0 aromatic carbocycles. The van der Waals surface area contributed by atoms with Crippen LogP contribution < -0.4 is 16.6 Å². The molecule has 0 atom stereocenters. The van der Waals surface area contributed by atoms with E-state index in [1.165, 1.54) is 51.4 Å². The molecule has 1 aromatic rings. The van der Waals surface area contributed by atoms with Crippen molar-refractivity contribution >= 4 is 11.6 Å². The topological polar surface area (TPSA) is 75.9 Å². The van der Waals surface area contributed by atoms with E-state index in [1.807, 2.05) is 6.07 Å². The summed E-state index contributed by atoms with van der Waals surface area (Å²) in [5.41, 5.74) is 2.63. The number of nitrogens with one attached hydrogen (secondary N) is 2. The van der Waals surface area contributed by atoms with Gasteiger partial charge in [-0.3, -0.25) is 0 Å². The number of rotatable bonds is 7. The number of aromatic nitrogens is 2. The van der Waals surface area contributed by atoms with Gasteiger partial charge in [0.2, 0.25) is 0 Å². The van der Waals surface area contributed by atoms with E-state index in [1.54, 1.807) is 0 Å². The molecular weight excluding hydrogens is 250 g/mol. The predicted octanol–water partition coefficient (Wildman–Crippen LogP) is 3.02. The van der Waals surface area contributed by atoms with Crippen molar-refractivity contribution in [2.75, 3.05) is 17.3 Å². The Labute approximate surface area is 120 Å². The third-order valence-electron chi connectivity index (χ3n) is 4.40. The average Bonchev–Trinajstić information content (AvgIpc) is 3.21. The van der Waals surface area contributed by atoms with Gasteiger partial charge < -0.3 is 10.7 Å². The Morgan fingerprint density at radius 3 is 2.55 bits per heavy atom. The molecule has 2 aliphatic rings. The van der Waals surface area contributed by atoms with Crippen LogP contribution in [0.25, 0.3) is 0 Å². The van der Waals surface area contributed by atoms with Crippen LogP contribution in [0.4, 0.5) is 11.6 Å². The fourth-order valence-electron chi connectivity index (χ4n) is 3.06. The predicted molar refractivity (Wildman–Crippen MR) is 81.5 cm³/mol. The van der Waals surface area contributed by atoms with Gasteiger partial charge in [-0.05, 0) is 31.6 Å². The summed E-state index contributed by atoms with van der Waals surface area (Å²) in [4.78, 5) is 9.01. The Bertz CT molecular complexity index is 438. The first-order chi connectivity index (χ1) is 9.85. The molecule has 0 amide bonds. The van der Waals surface area contributed by atoms with Gasteiger partial charge in [-0.2, -0.15) is 0 Å². The van der Waals surface area contributed by atoms with E-state index in [2.05, 4.69) is 20.7 Å². The summed E-state index contributed by atoms with van der Waals surface area (Å²) in [7, 11) is 0. The summed E-state index contributed by atoms with van der Waals surface area (Å²) in [5.74, 6) is 9.53. The number of hydrogen-bond donors (Lipinski definition) is 3. The van der Waals surface area contributed by atoms with Crippen molar-refractivity contribution in [1.82, 2.24) is 9.97 Å². The first-order valence-corrected chi connectivity index (χ1v) is 7.94. The third-order valence-corrected chi connectivity index (χ3v) is 4.40. The van der Waals surface area contributed by atoms with E-state index in [0.717, 1.165) is 24.1 Å². The summed E-state index contributed by atoms with van der Waals surface area (Å²) >= 11 is 0. The van der Waals surface area contributed by atoms with Gasteiger partial charge >= 0.3 is 0 Å². The molecule has 0 bridgehead atoms. The van der Waals surface area contributed by atoms with Crippen molar-refractivity contribution < 1.29 is 0 Å². The Morgan fingerprint density at radius 1 is 1.10 bits per heavy atom. The average molecular weight is 275 g/mol. The smallest absolute Gasteiger partial charge is 0.145 e. The molecule has 2 saturated carbocycles. The van der Waals surface area contributed by atoms with Crippen molar-refractivity contribution in [1.29, 1.82) is 0 Å². The Hall–Kier alpha value is -1.36. The number of nitrogens with two attached hydrogens (primary N) is 1. The molecule has 0 aliphatic heterocycles. The lowest BCUT2D eigenvalue weighted by molar-refractivity contribution is 0.491. The minimum Gasteiger partial charge on any atom is -0.370 e. The number of nitrogen functional groups attached to an aromatic ring is 1. The van der Waals surface area contributed by atoms with Crippen molar-refractivity contribution in [3.63, 3.8) is 0 Å². The van der Waals surface area contributed by atoms with Crippen LogP contribution in [0.1, 0.15) is 63.1 Å². The van der Waals surface area contributed by atoms with Crippen LogP contribution in [-0.2, 0) is 0 Å². The van der Waals surface area contributed by atoms with Crippen molar-refractivity contribution in [2.45, 2.75) is 57.3 Å². The van der Waals surface area contributed by atoms with Gasteiger partial charge in [0, 0.05) is 18.5 Å². The Morgan fingerprint density at radius 2 is 1.85 bits per heavy atom. The van der Waals surface area contributed by atoms with Gasteiger partial charge in [0.25, 0.3) is 0 Å². The van der Waals surface area contributed by atoms with Crippen LogP contribution in [0, 0.1) is 5.92 Å². The molecule has 0 spiro atoms. The molecule has 5 heteroatoms. The van der Waals surface area contributed by atoms with Gasteiger partial charge in [0.15, 0.2) is 0 Å². The third kappa shape index (κ3) is 3.60. The molecule has 1 aromatic heterocycles. The summed E-state index contributed by atoms with van der Waals surface area (Å²) in [6.07, 6.45) is 10.7. The van der Waals surface area contributed by atoms with Crippen LogP contribution in [0.3, 0.4) is 0 Å². The summed E-state index contributed by atoms with van der Waals surface area (Å²) in [6, 6.07) is 1.89. The number of hydrogen-bond acceptors (Lipinski definition) is 5. The van der Waals surface area contributed by atoms with Gasteiger partial charge in [-0.15, -0.1) is 0 Å². The van der Waals surface area contributed by atoms with E-state index in [4.69, 9.17) is 5.84 Å². The van der Waals surface area contributed by atoms with Crippen molar-refractivity contribution in [2.24, 2.45) is 11.8 Å². The molecule has 110 valence electrons. The van der Waals surface area contributed by atoms with E-state index in [9.17, 15) is 0 Å². The first kappa shape index (κ1) is 13.6. The molecule has 0 radical (unpaired) electrons. The summed E-state index contributed by atoms with van der Waals surface area (Å²) < 4.78 is 0. The van der Waals surface area contributed by atoms with Gasteiger partial charge in [-0.1, -0.05) is 25.7 Å². The van der Waals surface area contributed by atoms with E-state index in [-0.39, 0.29) is 0 Å². The molecule has 0 saturated heterocycles. The molecule has 20 heavy (non-hydrogen) atoms. The van der Waals surface area contributed by atoms with Crippen LogP contribution in [-0.4, -0.2) is 16.5 Å². The van der Waals surface area contributed by atoms with E-state index >= 15 is 0 Å². The molecule has 4 N–H and O–H groups in total. The van der Waals surface area contributed by atoms with Crippen LogP contribution in [0.2, 0.25) is 0 Å². The lowest BCUT2D eigenvalue weighted by Gasteiger charge is -2.11. The highest BCUT2D eigenvalue weighted by Crippen LogP contribution is 2.38. The zero-order chi connectivity index (χ0) is 13.8. The highest BCUT2D eigenvalue weighted by atomic mass is 15.3. The second-order valence-electron chi connectivity index (χ2n) is 6.13. The minimum atomic E-state index is 0.544. The summed E-state index contributed by atoms with van der Waals surface area (Å²) in [6.45, 7) is 0.988. The molecule has 1 heterocycles. The van der Waals surface area contributed by atoms with Crippen LogP contribution in [0.15, 0.2) is 6.07 Å². The minimum absolute atomic E-state index is 0.544. The van der Waals surface area contributed by atoms with E-state index in [0.29, 0.717) is 11.7 Å². The number of nitrogens with zero attached hydrogens (tertiary/aromatic N) is 2. The second kappa shape index (κ2) is 6.39. The second-order valence-corrected chi connectivity index (χ2v) is 6.13. The number of hydrazine groups is 1. The zero-order valence-electron chi connectivity index (χ0n) is 12.1. The quantitative estimate of drug-likeness (QED) is 0.405. The fourth-order valence-corrected chi connectivity index (χ4v) is 3.06. The maximum absolute atomic E-state index is 5.48. The first-order valence-electron chi connectivity index (χ1n) is 7.94. The largest absolute Gasteiger partial charge is 0.370 e. The van der Waals surface area contributed by atoms with Gasteiger partial charge in [0.1, 0.15) is 17.5 Å². The molecule has 2 aliphatic carbocycles. The van der Waals surface area contributed by atoms with Crippen molar-refractivity contribution in [3.05, 3.63) is 11.9 Å². The molecule has 5 nitrogen and oxygen atoms in total. The molecular formula is C15H25N5. The van der Waals surface area contributed by atoms with Crippen molar-refractivity contribution in [3.8, 4) is 0 Å². The van der Waals surface area contributed by atoms with E-state index < -0.39 is 0 Å². The van der Waals surface area contributed by atoms with Crippen LogP contribution >= 0.6 is 0 Å². The lowest BCUT2D eigenvalue weighted by atomic mass is 10.0. The highest BCUT2D eigenvalue weighted by molar-refractivity contribution is 5.47. The zero-order valence-corrected chi connectivity index (χ0v) is 12.1. The Kier molecular flexibility index (Phi) is 4.35. The monoisotopic (exact) mass is 275 g/mol. The number of anilines is 2. The maximum atomic E-state index is 5.48. The standard InChI is InChI=1S/C15H25N5/c16-20-14-10-13(18-15(19-14)12-7-8-12)17-9-3-6-11-4-1-2-5-11/h10-12H,1-9,16H2,(H2,17,18,19,20). The summed E-state index contributed by atoms with van der Waals surface area (Å²) in [5, 5.41) is 3.42. The molecule has 3 rings (SSSR count). The van der Waals surface area contributed by atoms with Gasteiger partial charge in [0.05, 0.1) is 0 Å². The lowest BCUT2D eigenvalue weighted by Crippen LogP contribution is -2.12. The molecule has 2 fully saturated rings.